The van der Waals surface area contributed by atoms with Gasteiger partial charge in [-0.05, 0) is 11.1 Å². The zero-order valence-electron chi connectivity index (χ0n) is 16.7. The summed E-state index contributed by atoms with van der Waals surface area (Å²) in [7, 11) is 1.58. The molecule has 1 aliphatic rings. The Kier molecular flexibility index (Phi) is 8.02. The Morgan fingerprint density at radius 3 is 1.93 bits per heavy atom. The fourth-order valence-electron chi connectivity index (χ4n) is 3.22. The van der Waals surface area contributed by atoms with Crippen molar-refractivity contribution in [1.82, 2.24) is 0 Å². The molecule has 0 aromatic heterocycles. The molecule has 5 heteroatoms. The molecule has 0 N–H and O–H groups in total. The fourth-order valence-corrected chi connectivity index (χ4v) is 3.22. The van der Waals surface area contributed by atoms with Crippen LogP contribution in [0.25, 0.3) is 0 Å². The zero-order valence-corrected chi connectivity index (χ0v) is 16.7. The number of hydrogen-bond donors (Lipinski definition) is 0. The van der Waals surface area contributed by atoms with Crippen molar-refractivity contribution in [3.8, 4) is 0 Å². The Balaban J connectivity index is 1.79. The van der Waals surface area contributed by atoms with E-state index in [2.05, 4.69) is 13.2 Å². The highest BCUT2D eigenvalue weighted by Crippen LogP contribution is 2.31. The van der Waals surface area contributed by atoms with Crippen LogP contribution in [0.2, 0.25) is 0 Å². The number of benzene rings is 2. The van der Waals surface area contributed by atoms with Gasteiger partial charge in [0.15, 0.2) is 0 Å². The molecule has 0 unspecified atom stereocenters. The second-order valence-electron chi connectivity index (χ2n) is 6.75. The van der Waals surface area contributed by atoms with Crippen LogP contribution in [-0.2, 0) is 36.9 Å². The summed E-state index contributed by atoms with van der Waals surface area (Å²) in [6, 6.07) is 19.9. The first-order valence-electron chi connectivity index (χ1n) is 9.64. The van der Waals surface area contributed by atoms with Gasteiger partial charge in [-0.1, -0.05) is 73.3 Å². The third-order valence-corrected chi connectivity index (χ3v) is 4.67. The molecule has 5 nitrogen and oxygen atoms in total. The Morgan fingerprint density at radius 2 is 1.41 bits per heavy atom. The monoisotopic (exact) mass is 396 g/mol. The SMILES string of the molecule is C=CCO[C@@H]1C(=C)O[C@H](OC)[C@H](OCc2ccccc2)[C@H]1OCc1ccccc1. The molecule has 2 aromatic rings. The first-order chi connectivity index (χ1) is 14.2. The van der Waals surface area contributed by atoms with Crippen LogP contribution in [0.15, 0.2) is 85.7 Å². The lowest BCUT2D eigenvalue weighted by Gasteiger charge is -2.42. The predicted octanol–water partition coefficient (Wildman–Crippen LogP) is 4.24. The van der Waals surface area contributed by atoms with Gasteiger partial charge in [0.2, 0.25) is 6.29 Å². The summed E-state index contributed by atoms with van der Waals surface area (Å²) in [6.07, 6.45) is -0.405. The van der Waals surface area contributed by atoms with Crippen molar-refractivity contribution in [3.63, 3.8) is 0 Å². The molecule has 0 bridgehead atoms. The molecule has 0 radical (unpaired) electrons. The molecule has 1 saturated heterocycles. The molecule has 0 spiro atoms. The van der Waals surface area contributed by atoms with Crippen LogP contribution in [0, 0.1) is 0 Å². The lowest BCUT2D eigenvalue weighted by Crippen LogP contribution is -2.55. The Bertz CT molecular complexity index is 761. The molecule has 3 rings (SSSR count). The molecule has 154 valence electrons. The summed E-state index contributed by atoms with van der Waals surface area (Å²) in [6.45, 7) is 8.89. The van der Waals surface area contributed by atoms with Crippen molar-refractivity contribution >= 4 is 0 Å². The van der Waals surface area contributed by atoms with E-state index >= 15 is 0 Å². The van der Waals surface area contributed by atoms with E-state index in [0.717, 1.165) is 11.1 Å². The summed E-state index contributed by atoms with van der Waals surface area (Å²) in [5, 5.41) is 0. The van der Waals surface area contributed by atoms with E-state index < -0.39 is 24.6 Å². The summed E-state index contributed by atoms with van der Waals surface area (Å²) < 4.78 is 29.8. The minimum Gasteiger partial charge on any atom is -0.464 e. The fraction of sp³-hybridized carbons (Fsp3) is 0.333. The zero-order chi connectivity index (χ0) is 20.5. The highest BCUT2D eigenvalue weighted by molar-refractivity contribution is 5.15. The average molecular weight is 396 g/mol. The van der Waals surface area contributed by atoms with E-state index in [1.54, 1.807) is 13.2 Å². The molecule has 1 aliphatic heterocycles. The molecule has 0 aliphatic carbocycles. The number of hydrogen-bond acceptors (Lipinski definition) is 5. The highest BCUT2D eigenvalue weighted by atomic mass is 16.7. The van der Waals surface area contributed by atoms with Gasteiger partial charge in [-0.3, -0.25) is 0 Å². The van der Waals surface area contributed by atoms with Crippen LogP contribution in [-0.4, -0.2) is 38.3 Å². The van der Waals surface area contributed by atoms with Crippen molar-refractivity contribution < 1.29 is 23.7 Å². The quantitative estimate of drug-likeness (QED) is 0.562. The molecular weight excluding hydrogens is 368 g/mol. The van der Waals surface area contributed by atoms with Crippen LogP contribution in [0.4, 0.5) is 0 Å². The lowest BCUT2D eigenvalue weighted by atomic mass is 10.0. The van der Waals surface area contributed by atoms with Crippen LogP contribution in [0.3, 0.4) is 0 Å². The van der Waals surface area contributed by atoms with E-state index in [-0.39, 0.29) is 0 Å². The number of methoxy groups -OCH3 is 1. The maximum absolute atomic E-state index is 6.28. The summed E-state index contributed by atoms with van der Waals surface area (Å²) in [4.78, 5) is 0. The van der Waals surface area contributed by atoms with Gasteiger partial charge in [0, 0.05) is 7.11 Å². The van der Waals surface area contributed by atoms with E-state index in [9.17, 15) is 0 Å². The summed E-state index contributed by atoms with van der Waals surface area (Å²) >= 11 is 0. The molecule has 2 aromatic carbocycles. The average Bonchev–Trinajstić information content (AvgIpc) is 2.77. The first kappa shape index (κ1) is 21.3. The molecule has 29 heavy (non-hydrogen) atoms. The van der Waals surface area contributed by atoms with Crippen LogP contribution < -0.4 is 0 Å². The molecule has 0 saturated carbocycles. The molecule has 4 atom stereocenters. The van der Waals surface area contributed by atoms with Gasteiger partial charge in [-0.25, -0.2) is 0 Å². The first-order valence-corrected chi connectivity index (χ1v) is 9.64. The Morgan fingerprint density at radius 1 is 0.862 bits per heavy atom. The Hall–Kier alpha value is -2.44. The topological polar surface area (TPSA) is 46.2 Å². The van der Waals surface area contributed by atoms with Crippen molar-refractivity contribution in [2.24, 2.45) is 0 Å². The van der Waals surface area contributed by atoms with Gasteiger partial charge in [-0.2, -0.15) is 0 Å². The normalized spacial score (nSPS) is 24.1. The maximum atomic E-state index is 6.28. The van der Waals surface area contributed by atoms with Crippen molar-refractivity contribution in [2.75, 3.05) is 13.7 Å². The van der Waals surface area contributed by atoms with Crippen LogP contribution >= 0.6 is 0 Å². The smallest absolute Gasteiger partial charge is 0.228 e. The maximum Gasteiger partial charge on any atom is 0.228 e. The molecular formula is C24H28O5. The van der Waals surface area contributed by atoms with E-state index in [1.165, 1.54) is 0 Å². The number of rotatable bonds is 10. The molecule has 1 fully saturated rings. The van der Waals surface area contributed by atoms with Crippen molar-refractivity contribution in [2.45, 2.75) is 37.8 Å². The predicted molar refractivity (Wildman–Crippen MR) is 111 cm³/mol. The summed E-state index contributed by atoms with van der Waals surface area (Å²) in [5.41, 5.74) is 2.11. The lowest BCUT2D eigenvalue weighted by molar-refractivity contribution is -0.268. The van der Waals surface area contributed by atoms with E-state index in [0.29, 0.717) is 25.6 Å². The molecule has 1 heterocycles. The van der Waals surface area contributed by atoms with Crippen molar-refractivity contribution in [1.29, 1.82) is 0 Å². The second kappa shape index (κ2) is 10.9. The van der Waals surface area contributed by atoms with Gasteiger partial charge < -0.3 is 23.7 Å². The van der Waals surface area contributed by atoms with Gasteiger partial charge in [0.1, 0.15) is 24.1 Å². The third-order valence-electron chi connectivity index (χ3n) is 4.67. The van der Waals surface area contributed by atoms with Crippen LogP contribution in [0.1, 0.15) is 11.1 Å². The van der Waals surface area contributed by atoms with Gasteiger partial charge in [0.25, 0.3) is 0 Å². The minimum atomic E-state index is -0.643. The largest absolute Gasteiger partial charge is 0.464 e. The van der Waals surface area contributed by atoms with Gasteiger partial charge >= 0.3 is 0 Å². The van der Waals surface area contributed by atoms with E-state index in [4.69, 9.17) is 23.7 Å². The highest BCUT2D eigenvalue weighted by Gasteiger charge is 2.46. The van der Waals surface area contributed by atoms with Crippen LogP contribution in [0.5, 0.6) is 0 Å². The standard InChI is InChI=1S/C24H28O5/c1-4-15-26-21-18(2)29-24(25-3)23(28-17-20-13-9-6-10-14-20)22(21)27-16-19-11-7-5-8-12-19/h4-14,21-24H,1-2,15-17H2,3H3/t21-,22+,23-,24+/m1/s1. The van der Waals surface area contributed by atoms with E-state index in [1.807, 2.05) is 60.7 Å². The second-order valence-corrected chi connectivity index (χ2v) is 6.75. The summed E-state index contributed by atoms with van der Waals surface area (Å²) in [5.74, 6) is 0.455. The van der Waals surface area contributed by atoms with Gasteiger partial charge in [0.05, 0.1) is 19.8 Å². The third kappa shape index (κ3) is 5.78. The van der Waals surface area contributed by atoms with Crippen molar-refractivity contribution in [3.05, 3.63) is 96.8 Å². The minimum absolute atomic E-state index is 0.349. The molecule has 0 amide bonds. The Labute approximate surface area is 172 Å². The van der Waals surface area contributed by atoms with Gasteiger partial charge in [-0.15, -0.1) is 6.58 Å². The number of ether oxygens (including phenoxy) is 5.